The maximum atomic E-state index is 4.60. The second-order valence-electron chi connectivity index (χ2n) is 6.25. The van der Waals surface area contributed by atoms with E-state index in [-0.39, 0.29) is 0 Å². The van der Waals surface area contributed by atoms with Gasteiger partial charge in [0.15, 0.2) is 0 Å². The van der Waals surface area contributed by atoms with Crippen LogP contribution in [0, 0.1) is 0 Å². The zero-order chi connectivity index (χ0) is 15.6. The molecular formula is C20H19BrN2. The van der Waals surface area contributed by atoms with E-state index in [1.165, 1.54) is 42.4 Å². The standard InChI is InChI=1S/C20H19BrN2/c21-18-11-9-15(10-12-18)14-5-7-16(8-6-14)19-13-22-20(23-19)17-3-1-2-4-17/h5-13,17H,1-4H2,(H,22,23). The van der Waals surface area contributed by atoms with E-state index in [2.05, 4.69) is 74.4 Å². The predicted molar refractivity (Wildman–Crippen MR) is 98.4 cm³/mol. The number of nitrogens with zero attached hydrogens (tertiary/aromatic N) is 1. The van der Waals surface area contributed by atoms with E-state index >= 15 is 0 Å². The number of aromatic amines is 1. The molecule has 0 atom stereocenters. The summed E-state index contributed by atoms with van der Waals surface area (Å²) in [6, 6.07) is 17.1. The third kappa shape index (κ3) is 3.11. The quantitative estimate of drug-likeness (QED) is 0.590. The van der Waals surface area contributed by atoms with Gasteiger partial charge in [0, 0.05) is 10.4 Å². The highest BCUT2D eigenvalue weighted by Gasteiger charge is 2.19. The number of benzene rings is 2. The van der Waals surface area contributed by atoms with Gasteiger partial charge in [0.2, 0.25) is 0 Å². The monoisotopic (exact) mass is 366 g/mol. The molecule has 0 aliphatic heterocycles. The lowest BCUT2D eigenvalue weighted by atomic mass is 10.0. The topological polar surface area (TPSA) is 28.7 Å². The van der Waals surface area contributed by atoms with E-state index < -0.39 is 0 Å². The molecule has 0 amide bonds. The van der Waals surface area contributed by atoms with Crippen molar-refractivity contribution in [1.82, 2.24) is 9.97 Å². The molecule has 1 aliphatic carbocycles. The summed E-state index contributed by atoms with van der Waals surface area (Å²) in [4.78, 5) is 8.12. The third-order valence-corrected chi connectivity index (χ3v) is 5.24. The van der Waals surface area contributed by atoms with Gasteiger partial charge in [-0.3, -0.25) is 0 Å². The van der Waals surface area contributed by atoms with Gasteiger partial charge in [0.05, 0.1) is 11.9 Å². The molecule has 2 nitrogen and oxygen atoms in total. The van der Waals surface area contributed by atoms with E-state index in [0.29, 0.717) is 5.92 Å². The number of imidazole rings is 1. The van der Waals surface area contributed by atoms with Gasteiger partial charge in [0.1, 0.15) is 5.82 Å². The summed E-state index contributed by atoms with van der Waals surface area (Å²) in [5.41, 5.74) is 4.78. The minimum atomic E-state index is 0.630. The molecule has 0 bridgehead atoms. The number of nitrogens with one attached hydrogen (secondary N) is 1. The Morgan fingerprint density at radius 2 is 1.39 bits per heavy atom. The van der Waals surface area contributed by atoms with Gasteiger partial charge in [-0.25, -0.2) is 4.98 Å². The maximum Gasteiger partial charge on any atom is 0.109 e. The van der Waals surface area contributed by atoms with Crippen molar-refractivity contribution in [3.05, 3.63) is 65.0 Å². The first-order valence-corrected chi connectivity index (χ1v) is 9.00. The second kappa shape index (κ2) is 6.32. The number of hydrogen-bond acceptors (Lipinski definition) is 1. The van der Waals surface area contributed by atoms with Crippen molar-refractivity contribution in [3.63, 3.8) is 0 Å². The van der Waals surface area contributed by atoms with Crippen molar-refractivity contribution in [3.8, 4) is 22.4 Å². The van der Waals surface area contributed by atoms with Crippen LogP contribution in [0.25, 0.3) is 22.4 Å². The Morgan fingerprint density at radius 1 is 0.826 bits per heavy atom. The maximum absolute atomic E-state index is 4.60. The van der Waals surface area contributed by atoms with E-state index in [1.807, 2.05) is 6.20 Å². The lowest BCUT2D eigenvalue weighted by molar-refractivity contribution is 0.679. The number of halogens is 1. The van der Waals surface area contributed by atoms with E-state index in [1.54, 1.807) is 0 Å². The molecule has 1 N–H and O–H groups in total. The predicted octanol–water partition coefficient (Wildman–Crippen LogP) is 6.16. The lowest BCUT2D eigenvalue weighted by Gasteiger charge is -2.05. The molecular weight excluding hydrogens is 348 g/mol. The van der Waals surface area contributed by atoms with Crippen molar-refractivity contribution in [2.75, 3.05) is 0 Å². The summed E-state index contributed by atoms with van der Waals surface area (Å²) in [5.74, 6) is 1.79. The van der Waals surface area contributed by atoms with Gasteiger partial charge in [0.25, 0.3) is 0 Å². The van der Waals surface area contributed by atoms with Crippen LogP contribution in [0.1, 0.15) is 37.4 Å². The van der Waals surface area contributed by atoms with Crippen LogP contribution in [-0.4, -0.2) is 9.97 Å². The number of aromatic nitrogens is 2. The summed E-state index contributed by atoms with van der Waals surface area (Å²) in [5, 5.41) is 0. The van der Waals surface area contributed by atoms with Gasteiger partial charge in [-0.05, 0) is 41.7 Å². The Morgan fingerprint density at radius 3 is 2.04 bits per heavy atom. The highest BCUT2D eigenvalue weighted by molar-refractivity contribution is 9.10. The average molecular weight is 367 g/mol. The Balaban J connectivity index is 1.57. The van der Waals surface area contributed by atoms with E-state index in [4.69, 9.17) is 0 Å². The van der Waals surface area contributed by atoms with Crippen LogP contribution in [0.3, 0.4) is 0 Å². The molecule has 1 aliphatic rings. The van der Waals surface area contributed by atoms with Crippen LogP contribution >= 0.6 is 15.9 Å². The minimum absolute atomic E-state index is 0.630. The Hall–Kier alpha value is -1.87. The van der Waals surface area contributed by atoms with Crippen LogP contribution in [0.2, 0.25) is 0 Å². The van der Waals surface area contributed by atoms with Crippen molar-refractivity contribution >= 4 is 15.9 Å². The molecule has 1 heterocycles. The summed E-state index contributed by atoms with van der Waals surface area (Å²) in [6.45, 7) is 0. The molecule has 0 unspecified atom stereocenters. The Bertz CT molecular complexity index is 781. The highest BCUT2D eigenvalue weighted by Crippen LogP contribution is 2.33. The fourth-order valence-electron chi connectivity index (χ4n) is 3.37. The SMILES string of the molecule is Brc1ccc(-c2ccc(-c3cnc(C4CCCC4)[nH]3)cc2)cc1. The van der Waals surface area contributed by atoms with Gasteiger partial charge in [-0.2, -0.15) is 0 Å². The molecule has 0 spiro atoms. The molecule has 0 saturated heterocycles. The summed E-state index contributed by atoms with van der Waals surface area (Å²) in [6.07, 6.45) is 7.19. The Labute approximate surface area is 145 Å². The molecule has 0 radical (unpaired) electrons. The smallest absolute Gasteiger partial charge is 0.109 e. The molecule has 2 aromatic carbocycles. The van der Waals surface area contributed by atoms with Crippen LogP contribution in [0.4, 0.5) is 0 Å². The third-order valence-electron chi connectivity index (χ3n) is 4.71. The summed E-state index contributed by atoms with van der Waals surface area (Å²) >= 11 is 3.48. The molecule has 1 fully saturated rings. The molecule has 3 heteroatoms. The average Bonchev–Trinajstić information content (AvgIpc) is 3.27. The van der Waals surface area contributed by atoms with E-state index in [9.17, 15) is 0 Å². The summed E-state index contributed by atoms with van der Waals surface area (Å²) < 4.78 is 1.11. The first-order valence-electron chi connectivity index (χ1n) is 8.21. The minimum Gasteiger partial charge on any atom is -0.342 e. The first-order chi connectivity index (χ1) is 11.3. The number of rotatable bonds is 3. The van der Waals surface area contributed by atoms with Crippen molar-refractivity contribution < 1.29 is 0 Å². The zero-order valence-corrected chi connectivity index (χ0v) is 14.5. The van der Waals surface area contributed by atoms with Crippen molar-refractivity contribution in [2.24, 2.45) is 0 Å². The highest BCUT2D eigenvalue weighted by atomic mass is 79.9. The van der Waals surface area contributed by atoms with Gasteiger partial charge in [-0.15, -0.1) is 0 Å². The van der Waals surface area contributed by atoms with E-state index in [0.717, 1.165) is 16.0 Å². The normalized spacial score (nSPS) is 15.2. The summed E-state index contributed by atoms with van der Waals surface area (Å²) in [7, 11) is 0. The first kappa shape index (κ1) is 14.7. The molecule has 23 heavy (non-hydrogen) atoms. The molecule has 3 aromatic rings. The zero-order valence-electron chi connectivity index (χ0n) is 12.9. The number of H-pyrrole nitrogens is 1. The molecule has 4 rings (SSSR count). The van der Waals surface area contributed by atoms with Crippen LogP contribution in [0.15, 0.2) is 59.2 Å². The molecule has 1 aromatic heterocycles. The van der Waals surface area contributed by atoms with Crippen molar-refractivity contribution in [1.29, 1.82) is 0 Å². The second-order valence-corrected chi connectivity index (χ2v) is 7.16. The fourth-order valence-corrected chi connectivity index (χ4v) is 3.64. The molecule has 116 valence electrons. The Kier molecular flexibility index (Phi) is 4.04. The van der Waals surface area contributed by atoms with Crippen LogP contribution in [0.5, 0.6) is 0 Å². The largest absolute Gasteiger partial charge is 0.342 e. The van der Waals surface area contributed by atoms with Gasteiger partial charge in [-0.1, -0.05) is 65.2 Å². The number of hydrogen-bond donors (Lipinski definition) is 1. The van der Waals surface area contributed by atoms with Gasteiger partial charge < -0.3 is 4.98 Å². The fraction of sp³-hybridized carbons (Fsp3) is 0.250. The van der Waals surface area contributed by atoms with Crippen molar-refractivity contribution in [2.45, 2.75) is 31.6 Å². The van der Waals surface area contributed by atoms with Gasteiger partial charge >= 0.3 is 0 Å². The molecule has 1 saturated carbocycles. The van der Waals surface area contributed by atoms with Crippen LogP contribution < -0.4 is 0 Å². The lowest BCUT2D eigenvalue weighted by Crippen LogP contribution is -1.94. The van der Waals surface area contributed by atoms with Crippen LogP contribution in [-0.2, 0) is 0 Å².